The zero-order valence-corrected chi connectivity index (χ0v) is 9.14. The van der Waals surface area contributed by atoms with E-state index < -0.39 is 0 Å². The minimum atomic E-state index is -0.00507. The van der Waals surface area contributed by atoms with E-state index in [-0.39, 0.29) is 12.1 Å². The summed E-state index contributed by atoms with van der Waals surface area (Å²) in [4.78, 5) is 0. The lowest BCUT2D eigenvalue weighted by molar-refractivity contribution is 0.153. The number of aliphatic hydroxyl groups excluding tert-OH is 1. The Bertz CT molecular complexity index is 154. The summed E-state index contributed by atoms with van der Waals surface area (Å²) in [6, 6.07) is 0. The van der Waals surface area contributed by atoms with Crippen LogP contribution in [0.4, 0.5) is 0 Å². The van der Waals surface area contributed by atoms with Crippen LogP contribution in [0.2, 0.25) is 0 Å². The molecule has 0 unspecified atom stereocenters. The van der Waals surface area contributed by atoms with Crippen LogP contribution in [0.3, 0.4) is 0 Å². The first-order chi connectivity index (χ1) is 6.08. The van der Waals surface area contributed by atoms with Gasteiger partial charge in [-0.05, 0) is 44.6 Å². The van der Waals surface area contributed by atoms with E-state index in [0.29, 0.717) is 5.92 Å². The van der Waals surface area contributed by atoms with Gasteiger partial charge in [-0.1, -0.05) is 13.8 Å². The Kier molecular flexibility index (Phi) is 3.74. The Morgan fingerprint density at radius 3 is 2.46 bits per heavy atom. The standard InChI is InChI=1S/C11H23NO/c1-9(2)6-7-12-11(3,8-13)10-4-5-10/h9-10,12-13H,4-8H2,1-3H3/t11-/m1/s1. The molecule has 2 N–H and O–H groups in total. The van der Waals surface area contributed by atoms with E-state index in [1.165, 1.54) is 19.3 Å². The van der Waals surface area contributed by atoms with Gasteiger partial charge in [-0.15, -0.1) is 0 Å². The van der Waals surface area contributed by atoms with E-state index in [4.69, 9.17) is 0 Å². The number of nitrogens with one attached hydrogen (secondary N) is 1. The Morgan fingerprint density at radius 2 is 2.08 bits per heavy atom. The van der Waals surface area contributed by atoms with Gasteiger partial charge in [0.1, 0.15) is 0 Å². The first-order valence-corrected chi connectivity index (χ1v) is 5.44. The van der Waals surface area contributed by atoms with Gasteiger partial charge in [0.2, 0.25) is 0 Å². The molecule has 1 aliphatic carbocycles. The molecule has 1 atom stereocenters. The molecule has 78 valence electrons. The van der Waals surface area contributed by atoms with Gasteiger partial charge in [-0.25, -0.2) is 0 Å². The Morgan fingerprint density at radius 1 is 1.46 bits per heavy atom. The van der Waals surface area contributed by atoms with Crippen molar-refractivity contribution in [3.05, 3.63) is 0 Å². The van der Waals surface area contributed by atoms with E-state index in [1.54, 1.807) is 0 Å². The van der Waals surface area contributed by atoms with E-state index in [0.717, 1.165) is 12.5 Å². The number of rotatable bonds is 6. The highest BCUT2D eigenvalue weighted by Crippen LogP contribution is 2.39. The SMILES string of the molecule is CC(C)CCN[C@](C)(CO)C1CC1. The Labute approximate surface area is 81.7 Å². The molecule has 0 bridgehead atoms. The zero-order chi connectivity index (χ0) is 9.90. The molecule has 2 heteroatoms. The van der Waals surface area contributed by atoms with E-state index in [9.17, 15) is 5.11 Å². The van der Waals surface area contributed by atoms with Crippen molar-refractivity contribution in [2.45, 2.75) is 45.6 Å². The van der Waals surface area contributed by atoms with Gasteiger partial charge < -0.3 is 10.4 Å². The van der Waals surface area contributed by atoms with Crippen LogP contribution < -0.4 is 5.32 Å². The van der Waals surface area contributed by atoms with Gasteiger partial charge in [0, 0.05) is 5.54 Å². The highest BCUT2D eigenvalue weighted by molar-refractivity contribution is 4.97. The molecule has 0 saturated heterocycles. The molecular weight excluding hydrogens is 162 g/mol. The fraction of sp³-hybridized carbons (Fsp3) is 1.00. The molecular formula is C11H23NO. The van der Waals surface area contributed by atoms with Crippen LogP contribution in [0, 0.1) is 11.8 Å². The molecule has 0 aromatic heterocycles. The predicted octanol–water partition coefficient (Wildman–Crippen LogP) is 1.78. The van der Waals surface area contributed by atoms with Gasteiger partial charge >= 0.3 is 0 Å². The largest absolute Gasteiger partial charge is 0.394 e. The third-order valence-corrected chi connectivity index (χ3v) is 3.06. The molecule has 1 aliphatic rings. The van der Waals surface area contributed by atoms with Gasteiger partial charge in [-0.3, -0.25) is 0 Å². The molecule has 0 radical (unpaired) electrons. The molecule has 0 aliphatic heterocycles. The summed E-state index contributed by atoms with van der Waals surface area (Å²) in [6.07, 6.45) is 3.76. The normalized spacial score (nSPS) is 21.9. The van der Waals surface area contributed by atoms with Crippen LogP contribution in [-0.2, 0) is 0 Å². The molecule has 0 amide bonds. The van der Waals surface area contributed by atoms with Crippen molar-refractivity contribution in [3.63, 3.8) is 0 Å². The third-order valence-electron chi connectivity index (χ3n) is 3.06. The first-order valence-electron chi connectivity index (χ1n) is 5.44. The second kappa shape index (κ2) is 4.43. The van der Waals surface area contributed by atoms with Gasteiger partial charge in [0.25, 0.3) is 0 Å². The quantitative estimate of drug-likeness (QED) is 0.661. The van der Waals surface area contributed by atoms with E-state index in [2.05, 4.69) is 26.1 Å². The molecule has 0 aromatic carbocycles. The van der Waals surface area contributed by atoms with Crippen LogP contribution in [0.25, 0.3) is 0 Å². The fourth-order valence-electron chi connectivity index (χ4n) is 1.70. The maximum absolute atomic E-state index is 9.30. The second-order valence-corrected chi connectivity index (χ2v) is 4.96. The first kappa shape index (κ1) is 11.0. The molecule has 0 heterocycles. The van der Waals surface area contributed by atoms with Gasteiger partial charge in [-0.2, -0.15) is 0 Å². The molecule has 1 rings (SSSR count). The lowest BCUT2D eigenvalue weighted by Gasteiger charge is -2.29. The predicted molar refractivity (Wildman–Crippen MR) is 55.7 cm³/mol. The van der Waals surface area contributed by atoms with Crippen LogP contribution in [0.1, 0.15) is 40.0 Å². The van der Waals surface area contributed by atoms with Crippen molar-refractivity contribution in [1.82, 2.24) is 5.32 Å². The monoisotopic (exact) mass is 185 g/mol. The van der Waals surface area contributed by atoms with Crippen molar-refractivity contribution < 1.29 is 5.11 Å². The minimum absolute atomic E-state index is 0.00507. The molecule has 0 aromatic rings. The maximum atomic E-state index is 9.30. The summed E-state index contributed by atoms with van der Waals surface area (Å²) in [5.41, 5.74) is -0.00507. The summed E-state index contributed by atoms with van der Waals surface area (Å²) in [6.45, 7) is 7.91. The van der Waals surface area contributed by atoms with Crippen molar-refractivity contribution in [3.8, 4) is 0 Å². The average Bonchev–Trinajstić information content (AvgIpc) is 2.85. The molecule has 1 saturated carbocycles. The van der Waals surface area contributed by atoms with Crippen molar-refractivity contribution in [1.29, 1.82) is 0 Å². The Balaban J connectivity index is 2.23. The number of hydrogen-bond acceptors (Lipinski definition) is 2. The molecule has 2 nitrogen and oxygen atoms in total. The summed E-state index contributed by atoms with van der Waals surface area (Å²) < 4.78 is 0. The smallest absolute Gasteiger partial charge is 0.0613 e. The number of hydrogen-bond donors (Lipinski definition) is 2. The zero-order valence-electron chi connectivity index (χ0n) is 9.14. The third kappa shape index (κ3) is 3.28. The summed E-state index contributed by atoms with van der Waals surface area (Å²) in [5.74, 6) is 1.46. The summed E-state index contributed by atoms with van der Waals surface area (Å²) in [5, 5.41) is 12.8. The Hall–Kier alpha value is -0.0800. The maximum Gasteiger partial charge on any atom is 0.0613 e. The van der Waals surface area contributed by atoms with Gasteiger partial charge in [0.05, 0.1) is 6.61 Å². The van der Waals surface area contributed by atoms with Crippen molar-refractivity contribution >= 4 is 0 Å². The lowest BCUT2D eigenvalue weighted by Crippen LogP contribution is -2.48. The molecule has 0 spiro atoms. The summed E-state index contributed by atoms with van der Waals surface area (Å²) in [7, 11) is 0. The van der Waals surface area contributed by atoms with Crippen LogP contribution in [0.15, 0.2) is 0 Å². The van der Waals surface area contributed by atoms with Crippen LogP contribution in [0.5, 0.6) is 0 Å². The molecule has 1 fully saturated rings. The lowest BCUT2D eigenvalue weighted by atomic mass is 9.96. The van der Waals surface area contributed by atoms with E-state index in [1.807, 2.05) is 0 Å². The van der Waals surface area contributed by atoms with Gasteiger partial charge in [0.15, 0.2) is 0 Å². The highest BCUT2D eigenvalue weighted by Gasteiger charge is 2.40. The van der Waals surface area contributed by atoms with Crippen LogP contribution >= 0.6 is 0 Å². The van der Waals surface area contributed by atoms with E-state index >= 15 is 0 Å². The van der Waals surface area contributed by atoms with Crippen molar-refractivity contribution in [2.75, 3.05) is 13.2 Å². The fourth-order valence-corrected chi connectivity index (χ4v) is 1.70. The number of aliphatic hydroxyl groups is 1. The highest BCUT2D eigenvalue weighted by atomic mass is 16.3. The van der Waals surface area contributed by atoms with Crippen molar-refractivity contribution in [2.24, 2.45) is 11.8 Å². The topological polar surface area (TPSA) is 32.3 Å². The van der Waals surface area contributed by atoms with Crippen LogP contribution in [-0.4, -0.2) is 23.8 Å². The second-order valence-electron chi connectivity index (χ2n) is 4.96. The summed E-state index contributed by atoms with van der Waals surface area (Å²) >= 11 is 0. The molecule has 13 heavy (non-hydrogen) atoms. The minimum Gasteiger partial charge on any atom is -0.394 e. The average molecular weight is 185 g/mol.